The fourth-order valence-corrected chi connectivity index (χ4v) is 2.02. The van der Waals surface area contributed by atoms with Crippen LogP contribution in [0.5, 0.6) is 0 Å². The Kier molecular flexibility index (Phi) is 3.82. The number of carbonyl (C=O) groups is 1. The van der Waals surface area contributed by atoms with E-state index in [0.717, 1.165) is 0 Å². The number of benzene rings is 1. The summed E-state index contributed by atoms with van der Waals surface area (Å²) in [5.74, 6) is 0.0364. The van der Waals surface area contributed by atoms with Gasteiger partial charge in [0.1, 0.15) is 17.0 Å². The lowest BCUT2D eigenvalue weighted by atomic mass is 10.0. The van der Waals surface area contributed by atoms with Crippen LogP contribution >= 0.6 is 11.6 Å². The maximum absolute atomic E-state index is 12.8. The van der Waals surface area contributed by atoms with Crippen LogP contribution in [0.1, 0.15) is 34.0 Å². The van der Waals surface area contributed by atoms with Gasteiger partial charge in [0.05, 0.1) is 11.8 Å². The summed E-state index contributed by atoms with van der Waals surface area (Å²) in [7, 11) is 0. The molecule has 1 heterocycles. The average Bonchev–Trinajstić information content (AvgIpc) is 2.86. The van der Waals surface area contributed by atoms with E-state index < -0.39 is 5.38 Å². The van der Waals surface area contributed by atoms with Crippen molar-refractivity contribution in [3.63, 3.8) is 0 Å². The molecule has 4 heteroatoms. The minimum atomic E-state index is -0.825. The summed E-state index contributed by atoms with van der Waals surface area (Å²) in [6, 6.07) is 7.20. The van der Waals surface area contributed by atoms with Gasteiger partial charge in [-0.05, 0) is 23.8 Å². The molecule has 2 nitrogen and oxygen atoms in total. The first-order valence-electron chi connectivity index (χ1n) is 5.63. The molecule has 0 spiro atoms. The van der Waals surface area contributed by atoms with Crippen LogP contribution in [0.15, 0.2) is 41.0 Å². The highest BCUT2D eigenvalue weighted by atomic mass is 35.5. The highest BCUT2D eigenvalue weighted by molar-refractivity contribution is 6.34. The van der Waals surface area contributed by atoms with E-state index >= 15 is 0 Å². The Morgan fingerprint density at radius 1 is 1.33 bits per heavy atom. The van der Waals surface area contributed by atoms with Gasteiger partial charge in [-0.2, -0.15) is 0 Å². The first-order chi connectivity index (χ1) is 8.63. The zero-order chi connectivity index (χ0) is 13.1. The van der Waals surface area contributed by atoms with E-state index in [4.69, 9.17) is 16.0 Å². The lowest BCUT2D eigenvalue weighted by Gasteiger charge is -2.08. The van der Waals surface area contributed by atoms with Crippen molar-refractivity contribution >= 4 is 17.4 Å². The molecule has 0 bridgehead atoms. The van der Waals surface area contributed by atoms with Crippen molar-refractivity contribution in [1.29, 1.82) is 0 Å². The van der Waals surface area contributed by atoms with Crippen molar-refractivity contribution < 1.29 is 13.6 Å². The number of Topliss-reactive ketones (excluding diaryl/α,β-unsaturated/α-hetero) is 1. The molecule has 0 fully saturated rings. The van der Waals surface area contributed by atoms with Crippen LogP contribution in [0.25, 0.3) is 0 Å². The molecular weight excluding hydrogens is 255 g/mol. The van der Waals surface area contributed by atoms with Crippen molar-refractivity contribution in [1.82, 2.24) is 0 Å². The third-order valence-electron chi connectivity index (χ3n) is 2.72. The Balaban J connectivity index is 2.26. The van der Waals surface area contributed by atoms with Gasteiger partial charge in [-0.3, -0.25) is 4.79 Å². The molecule has 0 saturated carbocycles. The van der Waals surface area contributed by atoms with Crippen molar-refractivity contribution in [2.45, 2.75) is 18.7 Å². The Morgan fingerprint density at radius 2 is 2.00 bits per heavy atom. The van der Waals surface area contributed by atoms with Gasteiger partial charge in [0.15, 0.2) is 5.78 Å². The van der Waals surface area contributed by atoms with Gasteiger partial charge in [0.2, 0.25) is 0 Å². The summed E-state index contributed by atoms with van der Waals surface area (Å²) in [5.41, 5.74) is 1.06. The van der Waals surface area contributed by atoms with Crippen molar-refractivity contribution in [2.24, 2.45) is 0 Å². The molecule has 1 atom stereocenters. The molecule has 1 unspecified atom stereocenters. The standard InChI is InChI=1S/C14H12ClFO2/c1-2-12-11(7-8-18-12)14(17)13(15)9-3-5-10(16)6-4-9/h3-8,13H,2H2,1H3. The van der Waals surface area contributed by atoms with E-state index in [-0.39, 0.29) is 11.6 Å². The highest BCUT2D eigenvalue weighted by Crippen LogP contribution is 2.27. The topological polar surface area (TPSA) is 30.2 Å². The molecule has 0 amide bonds. The van der Waals surface area contributed by atoms with E-state index in [1.54, 1.807) is 6.07 Å². The van der Waals surface area contributed by atoms with Crippen LogP contribution in [0.4, 0.5) is 4.39 Å². The summed E-state index contributed by atoms with van der Waals surface area (Å²) in [4.78, 5) is 12.2. The maximum Gasteiger partial charge on any atom is 0.188 e. The molecule has 0 radical (unpaired) electrons. The third-order valence-corrected chi connectivity index (χ3v) is 3.18. The quantitative estimate of drug-likeness (QED) is 0.615. The second-order valence-electron chi connectivity index (χ2n) is 3.89. The number of hydrogen-bond donors (Lipinski definition) is 0. The van der Waals surface area contributed by atoms with Crippen molar-refractivity contribution in [2.75, 3.05) is 0 Å². The summed E-state index contributed by atoms with van der Waals surface area (Å²) < 4.78 is 18.0. The number of aryl methyl sites for hydroxylation is 1. The predicted molar refractivity (Wildman–Crippen MR) is 67.4 cm³/mol. The van der Waals surface area contributed by atoms with Crippen LogP contribution in [-0.4, -0.2) is 5.78 Å². The third kappa shape index (κ3) is 2.46. The van der Waals surface area contributed by atoms with E-state index in [2.05, 4.69) is 0 Å². The molecule has 18 heavy (non-hydrogen) atoms. The van der Waals surface area contributed by atoms with Crippen LogP contribution in [0.2, 0.25) is 0 Å². The maximum atomic E-state index is 12.8. The van der Waals surface area contributed by atoms with Gasteiger partial charge in [-0.25, -0.2) is 4.39 Å². The number of alkyl halides is 1. The van der Waals surface area contributed by atoms with Gasteiger partial charge in [0.25, 0.3) is 0 Å². The highest BCUT2D eigenvalue weighted by Gasteiger charge is 2.23. The van der Waals surface area contributed by atoms with Crippen molar-refractivity contribution in [3.8, 4) is 0 Å². The molecule has 94 valence electrons. The zero-order valence-electron chi connectivity index (χ0n) is 9.82. The second-order valence-corrected chi connectivity index (χ2v) is 4.33. The summed E-state index contributed by atoms with van der Waals surface area (Å²) in [5, 5.41) is -0.825. The van der Waals surface area contributed by atoms with Crippen LogP contribution in [0, 0.1) is 5.82 Å². The molecule has 2 aromatic rings. The second kappa shape index (κ2) is 5.36. The Hall–Kier alpha value is -1.61. The van der Waals surface area contributed by atoms with Crippen LogP contribution in [0.3, 0.4) is 0 Å². The SMILES string of the molecule is CCc1occc1C(=O)C(Cl)c1ccc(F)cc1. The first kappa shape index (κ1) is 12.8. The molecule has 0 aliphatic rings. The largest absolute Gasteiger partial charge is 0.469 e. The van der Waals surface area contributed by atoms with E-state index in [1.807, 2.05) is 6.92 Å². The van der Waals surface area contributed by atoms with Crippen molar-refractivity contribution in [3.05, 3.63) is 59.3 Å². The number of furan rings is 1. The van der Waals surface area contributed by atoms with E-state index in [9.17, 15) is 9.18 Å². The molecule has 0 saturated heterocycles. The molecule has 1 aromatic carbocycles. The first-order valence-corrected chi connectivity index (χ1v) is 6.07. The minimum Gasteiger partial charge on any atom is -0.469 e. The molecule has 0 aliphatic carbocycles. The number of rotatable bonds is 4. The van der Waals surface area contributed by atoms with E-state index in [0.29, 0.717) is 23.3 Å². The molecule has 0 N–H and O–H groups in total. The normalized spacial score (nSPS) is 12.4. The number of ketones is 1. The number of halogens is 2. The molecule has 1 aromatic heterocycles. The fraction of sp³-hybridized carbons (Fsp3) is 0.214. The zero-order valence-corrected chi connectivity index (χ0v) is 10.6. The van der Waals surface area contributed by atoms with Gasteiger partial charge in [0, 0.05) is 6.42 Å². The number of hydrogen-bond acceptors (Lipinski definition) is 2. The summed E-state index contributed by atoms with van der Waals surface area (Å²) in [6.07, 6.45) is 2.10. The average molecular weight is 267 g/mol. The summed E-state index contributed by atoms with van der Waals surface area (Å²) in [6.45, 7) is 1.90. The lowest BCUT2D eigenvalue weighted by Crippen LogP contribution is -2.08. The summed E-state index contributed by atoms with van der Waals surface area (Å²) >= 11 is 6.12. The fourth-order valence-electron chi connectivity index (χ4n) is 1.75. The molecule has 0 aliphatic heterocycles. The van der Waals surface area contributed by atoms with Gasteiger partial charge < -0.3 is 4.42 Å². The minimum absolute atomic E-state index is 0.228. The Morgan fingerprint density at radius 3 is 2.61 bits per heavy atom. The smallest absolute Gasteiger partial charge is 0.188 e. The lowest BCUT2D eigenvalue weighted by molar-refractivity contribution is 0.0985. The Bertz CT molecular complexity index is 545. The predicted octanol–water partition coefficient (Wildman–Crippen LogP) is 4.14. The van der Waals surface area contributed by atoms with Gasteiger partial charge in [-0.1, -0.05) is 19.1 Å². The van der Waals surface area contributed by atoms with Crippen LogP contribution in [-0.2, 0) is 6.42 Å². The monoisotopic (exact) mass is 266 g/mol. The number of carbonyl (C=O) groups excluding carboxylic acids is 1. The molecule has 2 rings (SSSR count). The van der Waals surface area contributed by atoms with Gasteiger partial charge in [-0.15, -0.1) is 11.6 Å². The van der Waals surface area contributed by atoms with Crippen LogP contribution < -0.4 is 0 Å². The Labute approximate surface area is 109 Å². The molecular formula is C14H12ClFO2. The van der Waals surface area contributed by atoms with E-state index in [1.165, 1.54) is 30.5 Å². The van der Waals surface area contributed by atoms with Gasteiger partial charge >= 0.3 is 0 Å².